The first-order chi connectivity index (χ1) is 8.80. The van der Waals surface area contributed by atoms with Crippen molar-refractivity contribution in [2.75, 3.05) is 0 Å². The van der Waals surface area contributed by atoms with Gasteiger partial charge in [-0.05, 0) is 32.9 Å². The number of benzene rings is 1. The van der Waals surface area contributed by atoms with Crippen molar-refractivity contribution in [3.05, 3.63) is 30.3 Å². The van der Waals surface area contributed by atoms with Crippen molar-refractivity contribution in [1.82, 2.24) is 5.09 Å². The molecule has 0 radical (unpaired) electrons. The Morgan fingerprint density at radius 3 is 2.30 bits per heavy atom. The molecular formula is C12H17NNaO5P. The first kappa shape index (κ1) is 19.6. The molecule has 0 spiro atoms. The minimum atomic E-state index is -4.37. The molecule has 0 bridgehead atoms. The summed E-state index contributed by atoms with van der Waals surface area (Å²) in [6, 6.07) is 7.03. The molecule has 0 heterocycles. The summed E-state index contributed by atoms with van der Waals surface area (Å²) >= 11 is 0. The zero-order chi connectivity index (χ0) is 14.5. The van der Waals surface area contributed by atoms with Gasteiger partial charge in [0.05, 0.1) is 6.10 Å². The topological polar surface area (TPSA) is 87.7 Å². The Bertz CT molecular complexity index is 468. The Morgan fingerprint density at radius 2 is 1.80 bits per heavy atom. The summed E-state index contributed by atoms with van der Waals surface area (Å²) in [7, 11) is -4.37. The molecule has 1 aromatic carbocycles. The van der Waals surface area contributed by atoms with Crippen molar-refractivity contribution in [1.29, 1.82) is 0 Å². The zero-order valence-electron chi connectivity index (χ0n) is 12.0. The van der Waals surface area contributed by atoms with Gasteiger partial charge in [-0.2, -0.15) is 0 Å². The van der Waals surface area contributed by atoms with E-state index >= 15 is 0 Å². The molecule has 1 aromatic rings. The summed E-state index contributed by atoms with van der Waals surface area (Å²) in [6.45, 7) is 4.76. The van der Waals surface area contributed by atoms with Gasteiger partial charge in [-0.1, -0.05) is 18.2 Å². The van der Waals surface area contributed by atoms with Gasteiger partial charge >= 0.3 is 35.5 Å². The van der Waals surface area contributed by atoms with Gasteiger partial charge in [-0.25, -0.2) is 5.09 Å². The molecule has 1 N–H and O–H groups in total. The Kier molecular flexibility index (Phi) is 8.66. The minimum absolute atomic E-state index is 0. The second-order valence-corrected chi connectivity index (χ2v) is 5.67. The molecule has 0 aliphatic carbocycles. The predicted octanol–water partition coefficient (Wildman–Crippen LogP) is -1.53. The van der Waals surface area contributed by atoms with E-state index in [4.69, 9.17) is 9.26 Å². The second-order valence-electron chi connectivity index (χ2n) is 4.24. The number of hydrogen-bond donors (Lipinski definition) is 1. The van der Waals surface area contributed by atoms with Crippen molar-refractivity contribution < 1.29 is 53.1 Å². The molecule has 1 rings (SSSR count). The van der Waals surface area contributed by atoms with Crippen LogP contribution in [0.25, 0.3) is 0 Å². The third-order valence-corrected chi connectivity index (χ3v) is 3.18. The summed E-state index contributed by atoms with van der Waals surface area (Å²) < 4.78 is 21.4. The molecule has 0 aromatic heterocycles. The fourth-order valence-corrected chi connectivity index (χ4v) is 2.30. The van der Waals surface area contributed by atoms with Crippen molar-refractivity contribution in [2.45, 2.75) is 32.9 Å². The molecule has 0 fully saturated rings. The average Bonchev–Trinajstić information content (AvgIpc) is 2.27. The van der Waals surface area contributed by atoms with Gasteiger partial charge in [-0.3, -0.25) is 9.36 Å². The molecule has 6 nitrogen and oxygen atoms in total. The maximum absolute atomic E-state index is 11.7. The Balaban J connectivity index is 0.00000361. The van der Waals surface area contributed by atoms with Crippen molar-refractivity contribution in [3.8, 4) is 5.75 Å². The van der Waals surface area contributed by atoms with E-state index in [2.05, 4.69) is 5.09 Å². The summed E-state index contributed by atoms with van der Waals surface area (Å²) in [5, 5.41) is 2.11. The fourth-order valence-electron chi connectivity index (χ4n) is 1.27. The van der Waals surface area contributed by atoms with E-state index in [1.807, 2.05) is 0 Å². The summed E-state index contributed by atoms with van der Waals surface area (Å²) in [5.41, 5.74) is 0. The van der Waals surface area contributed by atoms with Crippen LogP contribution < -0.4 is 44.1 Å². The van der Waals surface area contributed by atoms with Crippen LogP contribution in [-0.4, -0.2) is 18.1 Å². The summed E-state index contributed by atoms with van der Waals surface area (Å²) in [4.78, 5) is 23.2. The van der Waals surface area contributed by atoms with Gasteiger partial charge in [0.2, 0.25) is 0 Å². The van der Waals surface area contributed by atoms with Gasteiger partial charge in [0.25, 0.3) is 7.75 Å². The van der Waals surface area contributed by atoms with Gasteiger partial charge in [0.15, 0.2) is 0 Å². The number of para-hydroxylation sites is 1. The normalized spacial score (nSPS) is 14.8. The van der Waals surface area contributed by atoms with Crippen molar-refractivity contribution in [2.24, 2.45) is 0 Å². The van der Waals surface area contributed by atoms with E-state index in [1.165, 1.54) is 19.1 Å². The average molecular weight is 309 g/mol. The molecule has 8 heteroatoms. The van der Waals surface area contributed by atoms with Crippen LogP contribution in [0.15, 0.2) is 30.3 Å². The Morgan fingerprint density at radius 1 is 1.25 bits per heavy atom. The minimum Gasteiger partial charge on any atom is -0.756 e. The molecule has 0 saturated heterocycles. The third-order valence-electron chi connectivity index (χ3n) is 2.03. The number of carbonyl (C=O) groups excluding carboxylic acids is 1. The first-order valence-electron chi connectivity index (χ1n) is 5.84. The number of esters is 1. The number of nitrogens with one attached hydrogen (secondary N) is 1. The molecule has 20 heavy (non-hydrogen) atoms. The first-order valence-corrected chi connectivity index (χ1v) is 7.38. The number of carbonyl (C=O) groups is 1. The molecule has 1 unspecified atom stereocenters. The molecule has 106 valence electrons. The molecule has 0 amide bonds. The zero-order valence-corrected chi connectivity index (χ0v) is 14.9. The van der Waals surface area contributed by atoms with E-state index in [9.17, 15) is 14.3 Å². The van der Waals surface area contributed by atoms with Gasteiger partial charge in [0.1, 0.15) is 11.8 Å². The summed E-state index contributed by atoms with van der Waals surface area (Å²) in [5.74, 6) is -0.472. The number of rotatable bonds is 6. The van der Waals surface area contributed by atoms with E-state index in [1.54, 1.807) is 32.0 Å². The van der Waals surface area contributed by atoms with Gasteiger partial charge < -0.3 is 14.2 Å². The van der Waals surface area contributed by atoms with Gasteiger partial charge in [-0.15, -0.1) is 0 Å². The van der Waals surface area contributed by atoms with Crippen LogP contribution >= 0.6 is 7.75 Å². The predicted molar refractivity (Wildman–Crippen MR) is 68.5 cm³/mol. The van der Waals surface area contributed by atoms with Crippen LogP contribution in [0.4, 0.5) is 0 Å². The Hall–Kier alpha value is -0.360. The summed E-state index contributed by atoms with van der Waals surface area (Å²) in [6.07, 6.45) is -0.308. The standard InChI is InChI=1S/C12H18NO5P.Na/c1-9(2)17-12(14)10(3)13-19(15,16)18-11-7-5-4-6-8-11;/h4-10H,1-3H3,(H2,13,15,16);/q;+1/p-1/t10-;/m0./s1. The molecular weight excluding hydrogens is 292 g/mol. The smallest absolute Gasteiger partial charge is 0.756 e. The van der Waals surface area contributed by atoms with Crippen LogP contribution in [0.5, 0.6) is 5.75 Å². The van der Waals surface area contributed by atoms with Crippen LogP contribution in [0.1, 0.15) is 20.8 Å². The number of hydrogen-bond acceptors (Lipinski definition) is 5. The monoisotopic (exact) mass is 309 g/mol. The molecule has 0 saturated carbocycles. The van der Waals surface area contributed by atoms with Crippen molar-refractivity contribution >= 4 is 13.7 Å². The SMILES string of the molecule is CC(C)OC(=O)[C@H](C)NP(=O)([O-])Oc1ccccc1.[Na+]. The largest absolute Gasteiger partial charge is 1.00 e. The Labute approximate surface area is 140 Å². The van der Waals surface area contributed by atoms with Crippen LogP contribution in [0, 0.1) is 0 Å². The molecule has 2 atom stereocenters. The van der Waals surface area contributed by atoms with E-state index in [-0.39, 0.29) is 41.4 Å². The van der Waals surface area contributed by atoms with Crippen molar-refractivity contribution in [3.63, 3.8) is 0 Å². The third kappa shape index (κ3) is 7.43. The van der Waals surface area contributed by atoms with E-state index < -0.39 is 19.8 Å². The van der Waals surface area contributed by atoms with E-state index in [0.717, 1.165) is 0 Å². The molecule has 0 aliphatic rings. The maximum Gasteiger partial charge on any atom is 1.00 e. The maximum atomic E-state index is 11.7. The second kappa shape index (κ2) is 8.82. The van der Waals surface area contributed by atoms with E-state index in [0.29, 0.717) is 0 Å². The van der Waals surface area contributed by atoms with Crippen LogP contribution in [-0.2, 0) is 14.1 Å². The van der Waals surface area contributed by atoms with Crippen LogP contribution in [0.2, 0.25) is 0 Å². The van der Waals surface area contributed by atoms with Gasteiger partial charge in [0, 0.05) is 0 Å². The molecule has 0 aliphatic heterocycles. The van der Waals surface area contributed by atoms with Crippen LogP contribution in [0.3, 0.4) is 0 Å². The number of ether oxygens (including phenoxy) is 1. The quantitative estimate of drug-likeness (QED) is 0.390. The fraction of sp³-hybridized carbons (Fsp3) is 0.417.